The predicted octanol–water partition coefficient (Wildman–Crippen LogP) is 1.61. The lowest BCUT2D eigenvalue weighted by Gasteiger charge is -2.10. The van der Waals surface area contributed by atoms with Gasteiger partial charge in [-0.05, 0) is 35.0 Å². The monoisotopic (exact) mass is 265 g/mol. The van der Waals surface area contributed by atoms with Gasteiger partial charge in [0.2, 0.25) is 0 Å². The van der Waals surface area contributed by atoms with Crippen LogP contribution < -0.4 is 11.5 Å². The number of nitrogens with two attached hydrogens (primary N) is 2. The summed E-state index contributed by atoms with van der Waals surface area (Å²) in [6.45, 7) is 0.600. The zero-order chi connectivity index (χ0) is 8.97. The molecule has 13 heavy (non-hydrogen) atoms. The van der Waals surface area contributed by atoms with Crippen LogP contribution in [0.15, 0.2) is 22.9 Å². The van der Waals surface area contributed by atoms with E-state index in [9.17, 15) is 0 Å². The first-order valence-corrected chi connectivity index (χ1v) is 4.61. The highest BCUT2D eigenvalue weighted by atomic mass is 79.9. The Morgan fingerprint density at radius 1 is 1.54 bits per heavy atom. The fourth-order valence-electron chi connectivity index (χ4n) is 1.01. The summed E-state index contributed by atoms with van der Waals surface area (Å²) in [5, 5.41) is 0. The van der Waals surface area contributed by atoms with Gasteiger partial charge < -0.3 is 11.5 Å². The van der Waals surface area contributed by atoms with E-state index in [2.05, 4.69) is 20.9 Å². The van der Waals surface area contributed by atoms with Crippen LogP contribution in [0.3, 0.4) is 0 Å². The second-order valence-corrected chi connectivity index (χ2v) is 3.32. The summed E-state index contributed by atoms with van der Waals surface area (Å²) in [6, 6.07) is 3.81. The van der Waals surface area contributed by atoms with Gasteiger partial charge in [-0.15, -0.1) is 12.4 Å². The van der Waals surface area contributed by atoms with Crippen LogP contribution in [0.4, 0.5) is 0 Å². The van der Waals surface area contributed by atoms with Crippen molar-refractivity contribution < 1.29 is 0 Å². The molecule has 0 bridgehead atoms. The van der Waals surface area contributed by atoms with Gasteiger partial charge in [0.15, 0.2) is 0 Å². The summed E-state index contributed by atoms with van der Waals surface area (Å²) in [5.41, 5.74) is 12.3. The molecule has 1 aromatic heterocycles. The van der Waals surface area contributed by atoms with Crippen molar-refractivity contribution in [1.82, 2.24) is 4.98 Å². The van der Waals surface area contributed by atoms with E-state index in [-0.39, 0.29) is 18.4 Å². The van der Waals surface area contributed by atoms with Gasteiger partial charge >= 0.3 is 0 Å². The minimum absolute atomic E-state index is 0. The molecule has 0 saturated heterocycles. The summed E-state index contributed by atoms with van der Waals surface area (Å²) in [6.07, 6.45) is 2.51. The minimum Gasteiger partial charge on any atom is -0.330 e. The van der Waals surface area contributed by atoms with Crippen molar-refractivity contribution in [2.45, 2.75) is 12.5 Å². The maximum Gasteiger partial charge on any atom is 0.110 e. The molecule has 5 heteroatoms. The van der Waals surface area contributed by atoms with E-state index in [4.69, 9.17) is 11.5 Å². The van der Waals surface area contributed by atoms with Crippen LogP contribution >= 0.6 is 28.3 Å². The summed E-state index contributed by atoms with van der Waals surface area (Å²) in [4.78, 5) is 4.08. The first kappa shape index (κ1) is 12.8. The van der Waals surface area contributed by atoms with Gasteiger partial charge in [-0.1, -0.05) is 6.07 Å². The molecule has 3 nitrogen and oxygen atoms in total. The lowest BCUT2D eigenvalue weighted by molar-refractivity contribution is 0.655. The van der Waals surface area contributed by atoms with Gasteiger partial charge in [-0.2, -0.15) is 0 Å². The second-order valence-electron chi connectivity index (χ2n) is 2.57. The average Bonchev–Trinajstić information content (AvgIpc) is 2.05. The van der Waals surface area contributed by atoms with E-state index >= 15 is 0 Å². The van der Waals surface area contributed by atoms with Crippen LogP contribution in [-0.4, -0.2) is 11.5 Å². The standard InChI is InChI=1S/C8H12BrN3.ClH/c9-8-6(2-1-5-12-8)7(11)3-4-10;/h1-2,5,7H,3-4,10-11H2;1H/t7-;/m0./s1. The average molecular weight is 267 g/mol. The van der Waals surface area contributed by atoms with Crippen molar-refractivity contribution in [1.29, 1.82) is 0 Å². The Balaban J connectivity index is 0.00000144. The summed E-state index contributed by atoms with van der Waals surface area (Å²) in [5.74, 6) is 0. The Bertz CT molecular complexity index is 257. The van der Waals surface area contributed by atoms with Crippen LogP contribution in [-0.2, 0) is 0 Å². The van der Waals surface area contributed by atoms with Crippen LogP contribution in [0.25, 0.3) is 0 Å². The van der Waals surface area contributed by atoms with Gasteiger partial charge in [-0.3, -0.25) is 0 Å². The SMILES string of the molecule is Cl.NCC[C@H](N)c1cccnc1Br. The lowest BCUT2D eigenvalue weighted by Crippen LogP contribution is -2.15. The molecule has 0 aromatic carbocycles. The molecular weight excluding hydrogens is 253 g/mol. The number of hydrogen-bond donors (Lipinski definition) is 2. The fraction of sp³-hybridized carbons (Fsp3) is 0.375. The Labute approximate surface area is 92.4 Å². The molecule has 0 saturated carbocycles. The van der Waals surface area contributed by atoms with Crippen molar-refractivity contribution in [3.05, 3.63) is 28.5 Å². The third-order valence-corrected chi connectivity index (χ3v) is 2.33. The molecule has 0 aliphatic carbocycles. The number of nitrogens with zero attached hydrogens (tertiary/aromatic N) is 1. The zero-order valence-corrected chi connectivity index (χ0v) is 9.51. The molecule has 4 N–H and O–H groups in total. The van der Waals surface area contributed by atoms with Gasteiger partial charge in [0, 0.05) is 17.8 Å². The highest BCUT2D eigenvalue weighted by Crippen LogP contribution is 2.20. The Kier molecular flexibility index (Phi) is 6.24. The molecule has 0 spiro atoms. The van der Waals surface area contributed by atoms with E-state index < -0.39 is 0 Å². The molecule has 0 unspecified atom stereocenters. The molecule has 0 fully saturated rings. The molecule has 1 aromatic rings. The minimum atomic E-state index is -0.0157. The summed E-state index contributed by atoms with van der Waals surface area (Å²) >= 11 is 3.33. The first-order chi connectivity index (χ1) is 5.75. The molecule has 1 rings (SSSR count). The molecular formula is C8H13BrClN3. The van der Waals surface area contributed by atoms with Crippen LogP contribution in [0, 0.1) is 0 Å². The Morgan fingerprint density at radius 2 is 2.23 bits per heavy atom. The number of hydrogen-bond acceptors (Lipinski definition) is 3. The van der Waals surface area contributed by atoms with Crippen LogP contribution in [0.1, 0.15) is 18.0 Å². The molecule has 74 valence electrons. The Hall–Kier alpha value is -0.160. The zero-order valence-electron chi connectivity index (χ0n) is 7.11. The summed E-state index contributed by atoms with van der Waals surface area (Å²) < 4.78 is 0.811. The first-order valence-electron chi connectivity index (χ1n) is 3.81. The predicted molar refractivity (Wildman–Crippen MR) is 59.8 cm³/mol. The largest absolute Gasteiger partial charge is 0.330 e. The van der Waals surface area contributed by atoms with Crippen molar-refractivity contribution in [2.24, 2.45) is 11.5 Å². The molecule has 1 atom stereocenters. The van der Waals surface area contributed by atoms with E-state index in [0.29, 0.717) is 6.54 Å². The quantitative estimate of drug-likeness (QED) is 0.817. The van der Waals surface area contributed by atoms with Crippen molar-refractivity contribution >= 4 is 28.3 Å². The highest BCUT2D eigenvalue weighted by molar-refractivity contribution is 9.10. The number of pyridine rings is 1. The van der Waals surface area contributed by atoms with Gasteiger partial charge in [0.25, 0.3) is 0 Å². The molecule has 0 radical (unpaired) electrons. The van der Waals surface area contributed by atoms with Crippen LogP contribution in [0.2, 0.25) is 0 Å². The van der Waals surface area contributed by atoms with E-state index in [1.54, 1.807) is 6.20 Å². The third kappa shape index (κ3) is 3.60. The van der Waals surface area contributed by atoms with E-state index in [1.807, 2.05) is 12.1 Å². The van der Waals surface area contributed by atoms with E-state index in [0.717, 1.165) is 16.6 Å². The van der Waals surface area contributed by atoms with Crippen molar-refractivity contribution in [3.8, 4) is 0 Å². The fourth-order valence-corrected chi connectivity index (χ4v) is 1.55. The number of rotatable bonds is 3. The number of halogens is 2. The molecule has 1 heterocycles. The van der Waals surface area contributed by atoms with Gasteiger partial charge in [0.1, 0.15) is 4.60 Å². The van der Waals surface area contributed by atoms with Crippen LogP contribution in [0.5, 0.6) is 0 Å². The molecule has 0 aliphatic heterocycles. The topological polar surface area (TPSA) is 64.9 Å². The maximum atomic E-state index is 5.86. The summed E-state index contributed by atoms with van der Waals surface area (Å²) in [7, 11) is 0. The highest BCUT2D eigenvalue weighted by Gasteiger charge is 2.08. The number of aromatic nitrogens is 1. The van der Waals surface area contributed by atoms with E-state index in [1.165, 1.54) is 0 Å². The maximum absolute atomic E-state index is 5.86. The second kappa shape index (κ2) is 6.32. The lowest BCUT2D eigenvalue weighted by atomic mass is 10.1. The normalized spacial score (nSPS) is 11.9. The van der Waals surface area contributed by atoms with Gasteiger partial charge in [-0.25, -0.2) is 4.98 Å². The smallest absolute Gasteiger partial charge is 0.110 e. The van der Waals surface area contributed by atoms with Crippen molar-refractivity contribution in [2.75, 3.05) is 6.54 Å². The van der Waals surface area contributed by atoms with Crippen molar-refractivity contribution in [3.63, 3.8) is 0 Å². The molecule has 0 amide bonds. The third-order valence-electron chi connectivity index (χ3n) is 1.67. The Morgan fingerprint density at radius 3 is 2.77 bits per heavy atom. The molecule has 0 aliphatic rings. The van der Waals surface area contributed by atoms with Gasteiger partial charge in [0.05, 0.1) is 0 Å².